The van der Waals surface area contributed by atoms with Crippen molar-refractivity contribution in [1.29, 1.82) is 0 Å². The van der Waals surface area contributed by atoms with Gasteiger partial charge in [0, 0.05) is 24.2 Å². The van der Waals surface area contributed by atoms with Crippen LogP contribution in [0.2, 0.25) is 5.02 Å². The molecule has 0 saturated carbocycles. The van der Waals surface area contributed by atoms with Crippen LogP contribution in [0.25, 0.3) is 11.0 Å². The van der Waals surface area contributed by atoms with E-state index in [1.807, 2.05) is 13.1 Å². The van der Waals surface area contributed by atoms with E-state index in [0.29, 0.717) is 27.5 Å². The summed E-state index contributed by atoms with van der Waals surface area (Å²) in [4.78, 5) is 24.1. The Morgan fingerprint density at radius 2 is 1.77 bits per heavy atom. The maximum atomic E-state index is 13.5. The maximum Gasteiger partial charge on any atom is 0.263 e. The Hall–Kier alpha value is -3.93. The second-order valence-electron chi connectivity index (χ2n) is 9.59. The molecule has 1 saturated heterocycles. The molecule has 0 radical (unpaired) electrons. The Morgan fingerprint density at radius 3 is 2.50 bits per heavy atom. The fraction of sp³-hybridized carbons (Fsp3) is 0.250. The summed E-state index contributed by atoms with van der Waals surface area (Å²) in [5.74, 6) is 0.348. The van der Waals surface area contributed by atoms with Gasteiger partial charge in [-0.3, -0.25) is 9.52 Å². The van der Waals surface area contributed by atoms with E-state index in [4.69, 9.17) is 16.3 Å². The van der Waals surface area contributed by atoms with E-state index >= 15 is 0 Å². The summed E-state index contributed by atoms with van der Waals surface area (Å²) >= 11 is 6.38. The topological polar surface area (TPSA) is 126 Å². The molecule has 3 aromatic carbocycles. The Morgan fingerprint density at radius 1 is 1.02 bits per heavy atom. The zero-order valence-corrected chi connectivity index (χ0v) is 23.6. The lowest BCUT2D eigenvalue weighted by molar-refractivity contribution is 0.0912. The summed E-state index contributed by atoms with van der Waals surface area (Å²) < 4.78 is 34.9. The van der Waals surface area contributed by atoms with Crippen LogP contribution in [0.5, 0.6) is 5.75 Å². The number of anilines is 3. The number of likely N-dealkylation sites (tertiary alicyclic amines) is 1. The molecule has 1 fully saturated rings. The minimum absolute atomic E-state index is 0.00887. The van der Waals surface area contributed by atoms with Gasteiger partial charge in [0.1, 0.15) is 5.75 Å². The van der Waals surface area contributed by atoms with Gasteiger partial charge in [-0.05, 0) is 68.9 Å². The molecule has 0 spiro atoms. The Bertz CT molecular complexity index is 1670. The summed E-state index contributed by atoms with van der Waals surface area (Å²) in [5.41, 5.74) is 1.76. The second-order valence-corrected chi connectivity index (χ2v) is 11.7. The van der Waals surface area contributed by atoms with Crippen LogP contribution in [0.1, 0.15) is 23.2 Å². The van der Waals surface area contributed by atoms with Crippen molar-refractivity contribution in [2.45, 2.75) is 23.8 Å². The number of ether oxygens (including phenoxy) is 1. The molecule has 0 aliphatic carbocycles. The summed E-state index contributed by atoms with van der Waals surface area (Å²) in [6.07, 6.45) is 1.87. The summed E-state index contributed by atoms with van der Waals surface area (Å²) in [6.45, 7) is 1.74. The molecular weight excluding hydrogens is 552 g/mol. The number of piperidine rings is 1. The van der Waals surface area contributed by atoms with Gasteiger partial charge in [0.05, 0.1) is 33.7 Å². The van der Waals surface area contributed by atoms with Gasteiger partial charge in [-0.1, -0.05) is 29.8 Å². The minimum atomic E-state index is -4.16. The fourth-order valence-electron chi connectivity index (χ4n) is 4.56. The van der Waals surface area contributed by atoms with Crippen molar-refractivity contribution in [2.24, 2.45) is 0 Å². The van der Waals surface area contributed by atoms with Crippen LogP contribution in [0.3, 0.4) is 0 Å². The van der Waals surface area contributed by atoms with E-state index in [2.05, 4.69) is 30.2 Å². The summed E-state index contributed by atoms with van der Waals surface area (Å²) in [6, 6.07) is 18.0. The maximum absolute atomic E-state index is 13.5. The average molecular weight is 581 g/mol. The van der Waals surface area contributed by atoms with Crippen molar-refractivity contribution in [2.75, 3.05) is 37.3 Å². The lowest BCUT2D eigenvalue weighted by atomic mass is 10.1. The number of likely N-dealkylation sites (N-methyl/N-ethyl adjacent to an activating group) is 1. The summed E-state index contributed by atoms with van der Waals surface area (Å²) in [7, 11) is -0.612. The minimum Gasteiger partial charge on any atom is -0.497 e. The van der Waals surface area contributed by atoms with Gasteiger partial charge in [0.15, 0.2) is 11.6 Å². The highest BCUT2D eigenvalue weighted by Crippen LogP contribution is 2.32. The Labute approximate surface area is 237 Å². The van der Waals surface area contributed by atoms with E-state index in [1.54, 1.807) is 42.5 Å². The SMILES string of the molecule is COc1ccc(Cl)c(Nc2nc3ccccc3nc2NS(=O)(=O)c2cccc(C(=O)NC3CCCN(C)C3)c2)c1. The number of rotatable bonds is 8. The normalized spacial score (nSPS) is 15.9. The molecule has 2 heterocycles. The number of carbonyl (C=O) groups is 1. The molecule has 1 unspecified atom stereocenters. The van der Waals surface area contributed by atoms with E-state index < -0.39 is 10.0 Å². The lowest BCUT2D eigenvalue weighted by Crippen LogP contribution is -2.46. The van der Waals surface area contributed by atoms with Gasteiger partial charge in [-0.15, -0.1) is 0 Å². The van der Waals surface area contributed by atoms with E-state index in [9.17, 15) is 13.2 Å². The Kier molecular flexibility index (Phi) is 8.06. The molecule has 1 aromatic heterocycles. The fourth-order valence-corrected chi connectivity index (χ4v) is 5.78. The molecule has 3 N–H and O–H groups in total. The number of para-hydroxylation sites is 2. The quantitative estimate of drug-likeness (QED) is 0.275. The van der Waals surface area contributed by atoms with Crippen LogP contribution in [0.15, 0.2) is 71.6 Å². The molecule has 10 nitrogen and oxygen atoms in total. The lowest BCUT2D eigenvalue weighted by Gasteiger charge is -2.30. The van der Waals surface area contributed by atoms with E-state index in [0.717, 1.165) is 25.9 Å². The number of fused-ring (bicyclic) bond motifs is 1. The molecule has 40 heavy (non-hydrogen) atoms. The predicted molar refractivity (Wildman–Crippen MR) is 156 cm³/mol. The number of halogens is 1. The molecule has 4 aromatic rings. The first kappa shape index (κ1) is 27.6. The first-order chi connectivity index (χ1) is 19.2. The highest BCUT2D eigenvalue weighted by Gasteiger charge is 2.23. The molecule has 0 bridgehead atoms. The third-order valence-corrected chi connectivity index (χ3v) is 8.26. The molecule has 1 atom stereocenters. The van der Waals surface area contributed by atoms with Crippen LogP contribution in [0, 0.1) is 0 Å². The van der Waals surface area contributed by atoms with Crippen molar-refractivity contribution in [1.82, 2.24) is 20.2 Å². The van der Waals surface area contributed by atoms with Crippen LogP contribution in [-0.4, -0.2) is 62.5 Å². The molecule has 5 rings (SSSR count). The average Bonchev–Trinajstić information content (AvgIpc) is 2.94. The molecular formula is C28H29ClN6O4S. The van der Waals surface area contributed by atoms with Crippen LogP contribution < -0.4 is 20.1 Å². The summed E-state index contributed by atoms with van der Waals surface area (Å²) in [5, 5.41) is 6.48. The van der Waals surface area contributed by atoms with Crippen molar-refractivity contribution in [3.63, 3.8) is 0 Å². The largest absolute Gasteiger partial charge is 0.497 e. The van der Waals surface area contributed by atoms with E-state index in [1.165, 1.54) is 25.3 Å². The van der Waals surface area contributed by atoms with Crippen LogP contribution in [-0.2, 0) is 10.0 Å². The third-order valence-electron chi connectivity index (χ3n) is 6.59. The first-order valence-corrected chi connectivity index (χ1v) is 14.6. The number of nitrogens with one attached hydrogen (secondary N) is 3. The Balaban J connectivity index is 1.45. The van der Waals surface area contributed by atoms with E-state index in [-0.39, 0.29) is 34.0 Å². The molecule has 1 aliphatic rings. The highest BCUT2D eigenvalue weighted by atomic mass is 35.5. The zero-order valence-electron chi connectivity index (χ0n) is 22.0. The number of hydrogen-bond donors (Lipinski definition) is 3. The number of aromatic nitrogens is 2. The molecule has 208 valence electrons. The number of carbonyl (C=O) groups excluding carboxylic acids is 1. The van der Waals surface area contributed by atoms with Gasteiger partial charge in [0.2, 0.25) is 0 Å². The van der Waals surface area contributed by atoms with Crippen molar-refractivity contribution < 1.29 is 17.9 Å². The number of amides is 1. The first-order valence-electron chi connectivity index (χ1n) is 12.7. The van der Waals surface area contributed by atoms with Gasteiger partial charge >= 0.3 is 0 Å². The van der Waals surface area contributed by atoms with Gasteiger partial charge < -0.3 is 20.3 Å². The number of nitrogens with zero attached hydrogens (tertiary/aromatic N) is 3. The van der Waals surface area contributed by atoms with Gasteiger partial charge in [-0.25, -0.2) is 18.4 Å². The zero-order chi connectivity index (χ0) is 28.3. The number of methoxy groups -OCH3 is 1. The van der Waals surface area contributed by atoms with Crippen LogP contribution >= 0.6 is 11.6 Å². The van der Waals surface area contributed by atoms with Gasteiger partial charge in [-0.2, -0.15) is 0 Å². The standard InChI is InChI=1S/C28H29ClN6O4S/c1-35-14-6-8-19(17-35)30-28(36)18-7-5-9-21(15-18)40(37,38)34-27-26(31-23-10-3-4-11-24(23)32-27)33-25-16-20(39-2)12-13-22(25)29/h3-5,7,9-13,15-16,19H,6,8,14,17H2,1-2H3,(H,30,36)(H,31,33)(H,32,34). The third kappa shape index (κ3) is 6.27. The number of sulfonamides is 1. The second kappa shape index (κ2) is 11.7. The smallest absolute Gasteiger partial charge is 0.263 e. The number of benzene rings is 3. The van der Waals surface area contributed by atoms with Crippen molar-refractivity contribution in [3.05, 3.63) is 77.3 Å². The van der Waals surface area contributed by atoms with Crippen molar-refractivity contribution in [3.8, 4) is 5.75 Å². The number of hydrogen-bond acceptors (Lipinski definition) is 8. The van der Waals surface area contributed by atoms with Crippen molar-refractivity contribution >= 4 is 55.9 Å². The highest BCUT2D eigenvalue weighted by molar-refractivity contribution is 7.92. The molecule has 1 amide bonds. The molecule has 12 heteroatoms. The molecule has 1 aliphatic heterocycles. The van der Waals surface area contributed by atoms with Gasteiger partial charge in [0.25, 0.3) is 15.9 Å². The predicted octanol–water partition coefficient (Wildman–Crippen LogP) is 4.66. The van der Waals surface area contributed by atoms with Crippen LogP contribution in [0.4, 0.5) is 17.3 Å². The monoisotopic (exact) mass is 580 g/mol.